The summed E-state index contributed by atoms with van der Waals surface area (Å²) in [6, 6.07) is 11.7. The first-order chi connectivity index (χ1) is 17.5. The Kier molecular flexibility index (Phi) is 5.36. The molecule has 0 aliphatic carbocycles. The number of aromatic amines is 2. The second-order valence-electron chi connectivity index (χ2n) is 9.49. The number of imide groups is 1. The zero-order chi connectivity index (χ0) is 25.0. The summed E-state index contributed by atoms with van der Waals surface area (Å²) in [5, 5.41) is 3.32. The molecule has 2 N–H and O–H groups in total. The molecule has 2 amide bonds. The molecule has 0 saturated carbocycles. The minimum Gasteiger partial charge on any atom is -0.494 e. The summed E-state index contributed by atoms with van der Waals surface area (Å²) in [7, 11) is 1.55. The number of hydrogen-bond donors (Lipinski definition) is 2. The van der Waals surface area contributed by atoms with Crippen molar-refractivity contribution in [2.45, 2.75) is 39.5 Å². The second-order valence-corrected chi connectivity index (χ2v) is 9.49. The first-order valence-electron chi connectivity index (χ1n) is 12.7. The number of carbonyl (C=O) groups excluding carboxylic acids is 2. The standard InChI is InChI=1S/C29H29N3O4/c1-4-6-12-35-16-8-10-18-20(14-16)30-26-22(18)24-25(29(34)32(3)28(24)33)23-19-11-9-17(36-13-7-5-2)15-21(19)31-27(23)26/h8-11,14-15,30-31H,4-7,12-13H2,1-3H3. The molecular formula is C29H29N3O4. The van der Waals surface area contributed by atoms with Gasteiger partial charge >= 0.3 is 0 Å². The van der Waals surface area contributed by atoms with Gasteiger partial charge in [0.25, 0.3) is 11.8 Å². The Morgan fingerprint density at radius 2 is 1.17 bits per heavy atom. The van der Waals surface area contributed by atoms with Crippen LogP contribution in [-0.4, -0.2) is 46.9 Å². The molecule has 3 aromatic carbocycles. The summed E-state index contributed by atoms with van der Waals surface area (Å²) in [6.45, 7) is 5.58. The van der Waals surface area contributed by atoms with Crippen LogP contribution in [0.4, 0.5) is 0 Å². The lowest BCUT2D eigenvalue weighted by atomic mass is 9.96. The number of rotatable bonds is 8. The van der Waals surface area contributed by atoms with E-state index in [1.807, 2.05) is 36.4 Å². The van der Waals surface area contributed by atoms with Crippen molar-refractivity contribution in [2.24, 2.45) is 0 Å². The van der Waals surface area contributed by atoms with Gasteiger partial charge in [0.2, 0.25) is 0 Å². The Morgan fingerprint density at radius 1 is 0.722 bits per heavy atom. The van der Waals surface area contributed by atoms with Gasteiger partial charge in [-0.25, -0.2) is 0 Å². The highest BCUT2D eigenvalue weighted by Gasteiger charge is 2.39. The molecule has 0 atom stereocenters. The Balaban J connectivity index is 1.62. The van der Waals surface area contributed by atoms with Crippen molar-refractivity contribution < 1.29 is 19.1 Å². The summed E-state index contributed by atoms with van der Waals surface area (Å²) in [6.07, 6.45) is 4.10. The molecule has 7 nitrogen and oxygen atoms in total. The van der Waals surface area contributed by atoms with Crippen molar-refractivity contribution in [3.8, 4) is 11.5 Å². The SMILES string of the molecule is CCCCOc1ccc2c(c1)[nH]c1c3[nH]c4cc(OCCCC)ccc4c3c3c(c21)C(=O)N(C)C3=O. The lowest BCUT2D eigenvalue weighted by Crippen LogP contribution is -2.24. The van der Waals surface area contributed by atoms with Gasteiger partial charge in [-0.2, -0.15) is 0 Å². The van der Waals surface area contributed by atoms with Gasteiger partial charge in [0.05, 0.1) is 46.4 Å². The van der Waals surface area contributed by atoms with E-state index in [2.05, 4.69) is 23.8 Å². The minimum absolute atomic E-state index is 0.278. The second kappa shape index (κ2) is 8.59. The fourth-order valence-electron chi connectivity index (χ4n) is 5.20. The van der Waals surface area contributed by atoms with Crippen molar-refractivity contribution in [3.05, 3.63) is 47.5 Å². The quantitative estimate of drug-likeness (QED) is 0.194. The number of nitrogens with one attached hydrogen (secondary N) is 2. The summed E-state index contributed by atoms with van der Waals surface area (Å²) in [5.74, 6) is 1.00. The number of H-pyrrole nitrogens is 2. The van der Waals surface area contributed by atoms with Crippen LogP contribution in [0.1, 0.15) is 60.2 Å². The molecule has 0 bridgehead atoms. The van der Waals surface area contributed by atoms with Gasteiger partial charge in [-0.05, 0) is 37.1 Å². The number of fused-ring (bicyclic) bond motifs is 10. The number of ether oxygens (including phenoxy) is 2. The molecule has 0 radical (unpaired) electrons. The van der Waals surface area contributed by atoms with Gasteiger partial charge in [-0.1, -0.05) is 26.7 Å². The third-order valence-corrected chi connectivity index (χ3v) is 7.11. The molecule has 184 valence electrons. The lowest BCUT2D eigenvalue weighted by molar-refractivity contribution is 0.0694. The number of nitrogens with zero attached hydrogens (tertiary/aromatic N) is 1. The first kappa shape index (κ1) is 22.5. The molecule has 6 rings (SSSR count). The number of unbranched alkanes of at least 4 members (excludes halogenated alkanes) is 2. The fraction of sp³-hybridized carbons (Fsp3) is 0.310. The van der Waals surface area contributed by atoms with Crippen LogP contribution in [0.3, 0.4) is 0 Å². The highest BCUT2D eigenvalue weighted by atomic mass is 16.5. The zero-order valence-corrected chi connectivity index (χ0v) is 20.8. The Labute approximate surface area is 208 Å². The van der Waals surface area contributed by atoms with Crippen LogP contribution in [0, 0.1) is 0 Å². The maximum atomic E-state index is 13.3. The first-order valence-corrected chi connectivity index (χ1v) is 12.7. The molecule has 0 spiro atoms. The van der Waals surface area contributed by atoms with E-state index in [-0.39, 0.29) is 11.8 Å². The van der Waals surface area contributed by atoms with Crippen LogP contribution in [0.2, 0.25) is 0 Å². The van der Waals surface area contributed by atoms with Gasteiger partial charge in [-0.3, -0.25) is 14.5 Å². The molecule has 2 aromatic heterocycles. The fourth-order valence-corrected chi connectivity index (χ4v) is 5.20. The molecule has 1 aliphatic rings. The predicted octanol–water partition coefficient (Wildman–Crippen LogP) is 6.54. The van der Waals surface area contributed by atoms with E-state index in [4.69, 9.17) is 9.47 Å². The number of benzene rings is 3. The molecule has 0 unspecified atom stereocenters. The largest absolute Gasteiger partial charge is 0.494 e. The van der Waals surface area contributed by atoms with Crippen LogP contribution < -0.4 is 9.47 Å². The van der Waals surface area contributed by atoms with E-state index >= 15 is 0 Å². The van der Waals surface area contributed by atoms with E-state index in [0.29, 0.717) is 24.3 Å². The molecular weight excluding hydrogens is 454 g/mol. The summed E-state index contributed by atoms with van der Waals surface area (Å²) in [4.78, 5) is 34.9. The number of carbonyl (C=O) groups is 2. The Morgan fingerprint density at radius 3 is 1.58 bits per heavy atom. The monoisotopic (exact) mass is 483 g/mol. The predicted molar refractivity (Wildman–Crippen MR) is 142 cm³/mol. The number of amides is 2. The van der Waals surface area contributed by atoms with Crippen molar-refractivity contribution in [2.75, 3.05) is 20.3 Å². The molecule has 7 heteroatoms. The van der Waals surface area contributed by atoms with Gasteiger partial charge in [0.15, 0.2) is 0 Å². The van der Waals surface area contributed by atoms with Gasteiger partial charge in [0, 0.05) is 40.7 Å². The molecule has 1 aliphatic heterocycles. The normalized spacial score (nSPS) is 13.6. The molecule has 0 fully saturated rings. The third kappa shape index (κ3) is 3.26. The zero-order valence-electron chi connectivity index (χ0n) is 20.8. The average Bonchev–Trinajstić information content (AvgIpc) is 3.51. The lowest BCUT2D eigenvalue weighted by Gasteiger charge is -2.05. The smallest absolute Gasteiger partial charge is 0.262 e. The number of hydrogen-bond acceptors (Lipinski definition) is 4. The molecule has 0 saturated heterocycles. The van der Waals surface area contributed by atoms with E-state index in [0.717, 1.165) is 80.8 Å². The van der Waals surface area contributed by atoms with Crippen molar-refractivity contribution in [3.63, 3.8) is 0 Å². The van der Waals surface area contributed by atoms with Gasteiger partial charge < -0.3 is 19.4 Å². The van der Waals surface area contributed by atoms with E-state index in [1.54, 1.807) is 7.05 Å². The van der Waals surface area contributed by atoms with Crippen molar-refractivity contribution >= 4 is 55.4 Å². The summed E-state index contributed by atoms with van der Waals surface area (Å²) in [5.41, 5.74) is 4.27. The Bertz CT molecular complexity index is 1550. The van der Waals surface area contributed by atoms with Crippen LogP contribution in [0.15, 0.2) is 36.4 Å². The molecule has 3 heterocycles. The maximum Gasteiger partial charge on any atom is 0.262 e. The third-order valence-electron chi connectivity index (χ3n) is 7.11. The van der Waals surface area contributed by atoms with E-state index in [1.165, 1.54) is 4.90 Å². The van der Waals surface area contributed by atoms with Gasteiger partial charge in [0.1, 0.15) is 11.5 Å². The summed E-state index contributed by atoms with van der Waals surface area (Å²) < 4.78 is 11.8. The summed E-state index contributed by atoms with van der Waals surface area (Å²) >= 11 is 0. The molecule has 36 heavy (non-hydrogen) atoms. The maximum absolute atomic E-state index is 13.3. The molecule has 5 aromatic rings. The minimum atomic E-state index is -0.278. The van der Waals surface area contributed by atoms with E-state index < -0.39 is 0 Å². The Hall–Kier alpha value is -4.00. The number of aromatic nitrogens is 2. The van der Waals surface area contributed by atoms with Crippen molar-refractivity contribution in [1.82, 2.24) is 14.9 Å². The van der Waals surface area contributed by atoms with Crippen LogP contribution in [0.5, 0.6) is 11.5 Å². The van der Waals surface area contributed by atoms with E-state index in [9.17, 15) is 9.59 Å². The van der Waals surface area contributed by atoms with Crippen LogP contribution in [0.25, 0.3) is 43.6 Å². The highest BCUT2D eigenvalue weighted by molar-refractivity contribution is 6.39. The van der Waals surface area contributed by atoms with Crippen LogP contribution >= 0.6 is 0 Å². The average molecular weight is 484 g/mol. The van der Waals surface area contributed by atoms with Crippen molar-refractivity contribution in [1.29, 1.82) is 0 Å². The highest BCUT2D eigenvalue weighted by Crippen LogP contribution is 2.44. The topological polar surface area (TPSA) is 87.4 Å². The van der Waals surface area contributed by atoms with Gasteiger partial charge in [-0.15, -0.1) is 0 Å². The van der Waals surface area contributed by atoms with Crippen LogP contribution in [-0.2, 0) is 0 Å².